The van der Waals surface area contributed by atoms with E-state index >= 15 is 0 Å². The quantitative estimate of drug-likeness (QED) is 0.217. The number of aromatic nitrogens is 3. The highest BCUT2D eigenvalue weighted by molar-refractivity contribution is 7.17. The molecule has 2 amide bonds. The van der Waals surface area contributed by atoms with Gasteiger partial charge in [-0.1, -0.05) is 30.3 Å². The second kappa shape index (κ2) is 11.6. The number of carbonyl (C=O) groups is 3. The average Bonchev–Trinajstić information content (AvgIpc) is 3.60. The lowest BCUT2D eigenvalue weighted by Gasteiger charge is -2.09. The third-order valence-corrected chi connectivity index (χ3v) is 7.22. The molecule has 0 saturated heterocycles. The van der Waals surface area contributed by atoms with Crippen LogP contribution in [0, 0.1) is 11.3 Å². The standard InChI is InChI=1S/C29H23N7O3S/c30-14-18-12-20(16-32-15-18)25-8-9-26(40-25)28(39)35-29-34-22-13-21(6-7-23(22)36(29)11-10-27(31)38)33-17-24(37)19-4-2-1-3-5-19/h1-9,12-13,15-16,33H,10-11,17H2,(H2,31,38)(H,34,35,39). The molecule has 5 rings (SSSR count). The van der Waals surface area contributed by atoms with Crippen molar-refractivity contribution < 1.29 is 14.4 Å². The zero-order valence-electron chi connectivity index (χ0n) is 21.1. The van der Waals surface area contributed by atoms with Gasteiger partial charge in [0.2, 0.25) is 11.9 Å². The second-order valence-electron chi connectivity index (χ2n) is 8.84. The van der Waals surface area contributed by atoms with Crippen LogP contribution < -0.4 is 16.4 Å². The first-order chi connectivity index (χ1) is 19.4. The highest BCUT2D eigenvalue weighted by atomic mass is 32.1. The number of benzene rings is 2. The molecule has 0 fully saturated rings. The lowest BCUT2D eigenvalue weighted by atomic mass is 10.1. The van der Waals surface area contributed by atoms with E-state index in [1.165, 1.54) is 17.5 Å². The number of carbonyl (C=O) groups excluding carboxylic acids is 3. The number of aryl methyl sites for hydroxylation is 1. The molecule has 3 heterocycles. The first-order valence-electron chi connectivity index (χ1n) is 12.3. The largest absolute Gasteiger partial charge is 0.378 e. The first kappa shape index (κ1) is 26.3. The van der Waals surface area contributed by atoms with Crippen molar-refractivity contribution in [2.24, 2.45) is 5.73 Å². The molecule has 0 radical (unpaired) electrons. The molecule has 198 valence electrons. The second-order valence-corrected chi connectivity index (χ2v) is 9.93. The van der Waals surface area contributed by atoms with Crippen LogP contribution in [0.2, 0.25) is 0 Å². The number of hydrogen-bond donors (Lipinski definition) is 3. The van der Waals surface area contributed by atoms with Crippen LogP contribution in [0.15, 0.2) is 79.1 Å². The summed E-state index contributed by atoms with van der Waals surface area (Å²) in [5.41, 5.74) is 9.12. The van der Waals surface area contributed by atoms with Gasteiger partial charge in [0.15, 0.2) is 5.78 Å². The number of Topliss-reactive ketones (excluding diaryl/α,β-unsaturated/α-hetero) is 1. The Kier molecular flexibility index (Phi) is 7.61. The third kappa shape index (κ3) is 5.87. The lowest BCUT2D eigenvalue weighted by molar-refractivity contribution is -0.118. The predicted molar refractivity (Wildman–Crippen MR) is 153 cm³/mol. The number of anilines is 2. The van der Waals surface area contributed by atoms with Crippen molar-refractivity contribution in [2.45, 2.75) is 13.0 Å². The Labute approximate surface area is 233 Å². The van der Waals surface area contributed by atoms with Crippen LogP contribution in [-0.4, -0.2) is 38.7 Å². The van der Waals surface area contributed by atoms with E-state index in [1.807, 2.05) is 30.3 Å². The number of nitrogens with two attached hydrogens (primary N) is 1. The molecule has 10 nitrogen and oxygen atoms in total. The highest BCUT2D eigenvalue weighted by Gasteiger charge is 2.18. The van der Waals surface area contributed by atoms with Gasteiger partial charge in [0.05, 0.1) is 28.0 Å². The van der Waals surface area contributed by atoms with E-state index in [4.69, 9.17) is 11.0 Å². The van der Waals surface area contributed by atoms with Gasteiger partial charge < -0.3 is 15.6 Å². The van der Waals surface area contributed by atoms with Crippen LogP contribution in [0.1, 0.15) is 32.0 Å². The number of hydrogen-bond acceptors (Lipinski definition) is 8. The minimum atomic E-state index is -0.479. The average molecular weight is 550 g/mol. The summed E-state index contributed by atoms with van der Waals surface area (Å²) in [5, 5.41) is 15.1. The molecule has 0 aliphatic carbocycles. The number of fused-ring (bicyclic) bond motifs is 1. The number of ketones is 1. The number of thiophene rings is 1. The molecule has 0 saturated carbocycles. The summed E-state index contributed by atoms with van der Waals surface area (Å²) in [6.07, 6.45) is 3.17. The molecular formula is C29H23N7O3S. The fourth-order valence-electron chi connectivity index (χ4n) is 4.11. The zero-order chi connectivity index (χ0) is 28.1. The van der Waals surface area contributed by atoms with Crippen LogP contribution >= 0.6 is 11.3 Å². The summed E-state index contributed by atoms with van der Waals surface area (Å²) < 4.78 is 1.73. The van der Waals surface area contributed by atoms with Crippen LogP contribution in [-0.2, 0) is 11.3 Å². The summed E-state index contributed by atoms with van der Waals surface area (Å²) in [7, 11) is 0. The molecule has 0 unspecified atom stereocenters. The van der Waals surface area contributed by atoms with Crippen molar-refractivity contribution in [2.75, 3.05) is 17.2 Å². The van der Waals surface area contributed by atoms with E-state index in [0.29, 0.717) is 32.7 Å². The Balaban J connectivity index is 1.37. The lowest BCUT2D eigenvalue weighted by Crippen LogP contribution is -2.18. The van der Waals surface area contributed by atoms with Crippen molar-refractivity contribution in [3.05, 3.63) is 95.1 Å². The first-order valence-corrected chi connectivity index (χ1v) is 13.1. The summed E-state index contributed by atoms with van der Waals surface area (Å²) in [6.45, 7) is 0.331. The number of primary amides is 1. The van der Waals surface area contributed by atoms with Crippen molar-refractivity contribution in [3.63, 3.8) is 0 Å². The van der Waals surface area contributed by atoms with Gasteiger partial charge in [-0.2, -0.15) is 5.26 Å². The molecule has 4 N–H and O–H groups in total. The third-order valence-electron chi connectivity index (χ3n) is 6.09. The van der Waals surface area contributed by atoms with Gasteiger partial charge in [-0.25, -0.2) is 4.98 Å². The van der Waals surface area contributed by atoms with E-state index in [-0.39, 0.29) is 37.1 Å². The SMILES string of the molecule is N#Cc1cncc(-c2ccc(C(=O)Nc3nc4cc(NCC(=O)c5ccccc5)ccc4n3CCC(N)=O)s2)c1. The fourth-order valence-corrected chi connectivity index (χ4v) is 4.99. The van der Waals surface area contributed by atoms with Gasteiger partial charge in [0.1, 0.15) is 6.07 Å². The molecule has 0 bridgehead atoms. The van der Waals surface area contributed by atoms with Gasteiger partial charge >= 0.3 is 0 Å². The van der Waals surface area contributed by atoms with E-state index in [9.17, 15) is 14.4 Å². The Morgan fingerprint density at radius 3 is 2.62 bits per heavy atom. The highest BCUT2D eigenvalue weighted by Crippen LogP contribution is 2.29. The zero-order valence-corrected chi connectivity index (χ0v) is 21.9. The Morgan fingerprint density at radius 2 is 1.85 bits per heavy atom. The Bertz CT molecular complexity index is 1770. The van der Waals surface area contributed by atoms with Crippen molar-refractivity contribution >= 4 is 51.6 Å². The molecule has 0 aliphatic heterocycles. The van der Waals surface area contributed by atoms with E-state index in [2.05, 4.69) is 26.7 Å². The van der Waals surface area contributed by atoms with E-state index in [1.54, 1.807) is 47.2 Å². The molecule has 2 aromatic carbocycles. The van der Waals surface area contributed by atoms with Gasteiger partial charge in [-0.05, 0) is 36.4 Å². The summed E-state index contributed by atoms with van der Waals surface area (Å²) in [4.78, 5) is 47.1. The molecule has 5 aromatic rings. The monoisotopic (exact) mass is 549 g/mol. The number of imidazole rings is 1. The molecule has 0 atom stereocenters. The molecule has 3 aromatic heterocycles. The normalized spacial score (nSPS) is 10.7. The topological polar surface area (TPSA) is 156 Å². The number of nitriles is 1. The summed E-state index contributed by atoms with van der Waals surface area (Å²) >= 11 is 1.26. The van der Waals surface area contributed by atoms with Gasteiger partial charge in [-0.3, -0.25) is 24.7 Å². The molecule has 11 heteroatoms. The Morgan fingerprint density at radius 1 is 1.02 bits per heavy atom. The van der Waals surface area contributed by atoms with Gasteiger partial charge in [0, 0.05) is 47.1 Å². The number of nitrogens with one attached hydrogen (secondary N) is 2. The molecule has 0 aliphatic rings. The van der Waals surface area contributed by atoms with E-state index < -0.39 is 5.91 Å². The van der Waals surface area contributed by atoms with Crippen molar-refractivity contribution in [1.82, 2.24) is 14.5 Å². The van der Waals surface area contributed by atoms with Crippen molar-refractivity contribution in [3.8, 4) is 16.5 Å². The van der Waals surface area contributed by atoms with Crippen LogP contribution in [0.5, 0.6) is 0 Å². The minimum absolute atomic E-state index is 0.0499. The molecular weight excluding hydrogens is 526 g/mol. The maximum atomic E-state index is 13.2. The summed E-state index contributed by atoms with van der Waals surface area (Å²) in [5.74, 6) is -0.635. The van der Waals surface area contributed by atoms with Gasteiger partial charge in [-0.15, -0.1) is 11.3 Å². The smallest absolute Gasteiger partial charge is 0.268 e. The predicted octanol–water partition coefficient (Wildman–Crippen LogP) is 4.45. The summed E-state index contributed by atoms with van der Waals surface area (Å²) in [6, 6.07) is 21.7. The maximum absolute atomic E-state index is 13.2. The Hall–Kier alpha value is -5.34. The fraction of sp³-hybridized carbons (Fsp3) is 0.103. The van der Waals surface area contributed by atoms with Crippen molar-refractivity contribution in [1.29, 1.82) is 5.26 Å². The number of nitrogens with zero attached hydrogens (tertiary/aromatic N) is 4. The van der Waals surface area contributed by atoms with Crippen LogP contribution in [0.25, 0.3) is 21.5 Å². The maximum Gasteiger partial charge on any atom is 0.268 e. The number of amides is 2. The minimum Gasteiger partial charge on any atom is -0.378 e. The molecule has 40 heavy (non-hydrogen) atoms. The number of rotatable bonds is 10. The molecule has 0 spiro atoms. The van der Waals surface area contributed by atoms with Crippen LogP contribution in [0.3, 0.4) is 0 Å². The number of pyridine rings is 1. The van der Waals surface area contributed by atoms with Crippen LogP contribution in [0.4, 0.5) is 11.6 Å². The van der Waals surface area contributed by atoms with E-state index in [0.717, 1.165) is 10.4 Å². The van der Waals surface area contributed by atoms with Gasteiger partial charge in [0.25, 0.3) is 5.91 Å².